The number of piperazine rings is 1. The highest BCUT2D eigenvalue weighted by atomic mass is 19.3. The summed E-state index contributed by atoms with van der Waals surface area (Å²) in [5.74, 6) is 0.239. The van der Waals surface area contributed by atoms with E-state index in [9.17, 15) is 13.9 Å². The smallest absolute Gasteiger partial charge is 0.387 e. The number of aliphatic hydroxyl groups excluding tert-OH is 1. The Morgan fingerprint density at radius 3 is 2.76 bits per heavy atom. The third-order valence-corrected chi connectivity index (χ3v) is 4.47. The Hall–Kier alpha value is -1.50. The van der Waals surface area contributed by atoms with Gasteiger partial charge in [0.15, 0.2) is 0 Å². The van der Waals surface area contributed by atoms with Gasteiger partial charge in [-0.3, -0.25) is 9.80 Å². The van der Waals surface area contributed by atoms with Crippen molar-refractivity contribution in [1.29, 1.82) is 0 Å². The summed E-state index contributed by atoms with van der Waals surface area (Å²) in [4.78, 5) is 4.62. The molecule has 0 bridgehead atoms. The van der Waals surface area contributed by atoms with E-state index in [0.717, 1.165) is 31.7 Å². The minimum absolute atomic E-state index is 0.148. The maximum absolute atomic E-state index is 12.6. The molecule has 0 unspecified atom stereocenters. The number of benzene rings is 1. The van der Waals surface area contributed by atoms with E-state index in [1.807, 2.05) is 12.1 Å². The van der Waals surface area contributed by atoms with Gasteiger partial charge in [-0.25, -0.2) is 0 Å². The van der Waals surface area contributed by atoms with Crippen LogP contribution in [0.25, 0.3) is 0 Å². The molecule has 0 radical (unpaired) electrons. The zero-order valence-corrected chi connectivity index (χ0v) is 15.0. The van der Waals surface area contributed by atoms with Crippen LogP contribution in [0.2, 0.25) is 0 Å². The van der Waals surface area contributed by atoms with Gasteiger partial charge in [-0.05, 0) is 26.3 Å². The van der Waals surface area contributed by atoms with Gasteiger partial charge >= 0.3 is 6.61 Å². The van der Waals surface area contributed by atoms with Gasteiger partial charge in [0, 0.05) is 50.9 Å². The molecule has 6 heteroatoms. The molecule has 1 atom stereocenters. The lowest BCUT2D eigenvalue weighted by atomic mass is 10.1. The maximum Gasteiger partial charge on any atom is 0.387 e. The van der Waals surface area contributed by atoms with E-state index >= 15 is 0 Å². The zero-order chi connectivity index (χ0) is 18.2. The van der Waals surface area contributed by atoms with Crippen LogP contribution in [0.1, 0.15) is 25.8 Å². The molecule has 0 saturated carbocycles. The molecular weight excluding hydrogens is 326 g/mol. The van der Waals surface area contributed by atoms with E-state index in [0.29, 0.717) is 13.0 Å². The number of ether oxygens (including phenoxy) is 1. The largest absolute Gasteiger partial charge is 0.434 e. The van der Waals surface area contributed by atoms with Gasteiger partial charge in [-0.2, -0.15) is 8.78 Å². The average molecular weight is 354 g/mol. The standard InChI is InChI=1S/C19H28F2N2O2/c1-15(2)7-9-23-11-10-22(14-17(23)8-12-24)13-16-5-3-4-6-18(16)25-19(20)21/h3-7,17,19,24H,8-14H2,1-2H3/t17-/m1/s1. The Labute approximate surface area is 148 Å². The summed E-state index contributed by atoms with van der Waals surface area (Å²) in [5, 5.41) is 9.37. The van der Waals surface area contributed by atoms with Crippen molar-refractivity contribution in [3.05, 3.63) is 41.5 Å². The predicted octanol–water partition coefficient (Wildman–Crippen LogP) is 3.12. The van der Waals surface area contributed by atoms with Crippen LogP contribution in [0, 0.1) is 0 Å². The Morgan fingerprint density at radius 2 is 2.08 bits per heavy atom. The summed E-state index contributed by atoms with van der Waals surface area (Å²) < 4.78 is 29.8. The predicted molar refractivity (Wildman–Crippen MR) is 94.8 cm³/mol. The number of hydrogen-bond acceptors (Lipinski definition) is 4. The van der Waals surface area contributed by atoms with E-state index in [4.69, 9.17) is 0 Å². The van der Waals surface area contributed by atoms with Crippen LogP contribution >= 0.6 is 0 Å². The second kappa shape index (κ2) is 9.85. The monoisotopic (exact) mass is 354 g/mol. The minimum Gasteiger partial charge on any atom is -0.434 e. The third-order valence-electron chi connectivity index (χ3n) is 4.47. The Balaban J connectivity index is 2.01. The van der Waals surface area contributed by atoms with Crippen LogP contribution in [0.15, 0.2) is 35.9 Å². The van der Waals surface area contributed by atoms with Crippen LogP contribution in [-0.4, -0.2) is 60.3 Å². The Kier molecular flexibility index (Phi) is 7.81. The van der Waals surface area contributed by atoms with Gasteiger partial charge < -0.3 is 9.84 Å². The first kappa shape index (κ1) is 19.8. The average Bonchev–Trinajstić information content (AvgIpc) is 2.55. The summed E-state index contributed by atoms with van der Waals surface area (Å²) in [5.41, 5.74) is 2.05. The molecule has 4 nitrogen and oxygen atoms in total. The third kappa shape index (κ3) is 6.38. The van der Waals surface area contributed by atoms with Crippen molar-refractivity contribution in [3.8, 4) is 5.75 Å². The van der Waals surface area contributed by atoms with Crippen LogP contribution in [-0.2, 0) is 6.54 Å². The molecule has 1 aliphatic rings. The second-order valence-electron chi connectivity index (χ2n) is 6.66. The molecule has 0 aromatic heterocycles. The van der Waals surface area contributed by atoms with Gasteiger partial charge in [-0.1, -0.05) is 29.8 Å². The topological polar surface area (TPSA) is 35.9 Å². The SMILES string of the molecule is CC(C)=CCN1CCN(Cc2ccccc2OC(F)F)C[C@H]1CCO. The molecule has 1 aliphatic heterocycles. The molecule has 1 aromatic rings. The molecule has 140 valence electrons. The fourth-order valence-electron chi connectivity index (χ4n) is 3.15. The summed E-state index contributed by atoms with van der Waals surface area (Å²) in [6.07, 6.45) is 2.91. The molecule has 1 saturated heterocycles. The number of para-hydroxylation sites is 1. The fraction of sp³-hybridized carbons (Fsp3) is 0.579. The first-order chi connectivity index (χ1) is 12.0. The molecule has 2 rings (SSSR count). The van der Waals surface area contributed by atoms with E-state index in [-0.39, 0.29) is 18.4 Å². The fourth-order valence-corrected chi connectivity index (χ4v) is 3.15. The van der Waals surface area contributed by atoms with Gasteiger partial charge in [0.25, 0.3) is 0 Å². The Bertz CT molecular complexity index is 562. The van der Waals surface area contributed by atoms with Crippen LogP contribution in [0.3, 0.4) is 0 Å². The quantitative estimate of drug-likeness (QED) is 0.728. The van der Waals surface area contributed by atoms with Crippen molar-refractivity contribution in [3.63, 3.8) is 0 Å². The first-order valence-electron chi connectivity index (χ1n) is 8.73. The number of hydrogen-bond donors (Lipinski definition) is 1. The van der Waals surface area contributed by atoms with Gasteiger partial charge in [-0.15, -0.1) is 0 Å². The van der Waals surface area contributed by atoms with Crippen molar-refractivity contribution >= 4 is 0 Å². The summed E-state index contributed by atoms with van der Waals surface area (Å²) >= 11 is 0. The Morgan fingerprint density at radius 1 is 1.32 bits per heavy atom. The van der Waals surface area contributed by atoms with Crippen molar-refractivity contribution < 1.29 is 18.6 Å². The van der Waals surface area contributed by atoms with Gasteiger partial charge in [0.1, 0.15) is 5.75 Å². The lowest BCUT2D eigenvalue weighted by Gasteiger charge is -2.41. The maximum atomic E-state index is 12.6. The minimum atomic E-state index is -2.82. The molecule has 1 aromatic carbocycles. The number of alkyl halides is 2. The van der Waals surface area contributed by atoms with Crippen molar-refractivity contribution in [1.82, 2.24) is 9.80 Å². The second-order valence-corrected chi connectivity index (χ2v) is 6.66. The number of rotatable bonds is 8. The molecule has 25 heavy (non-hydrogen) atoms. The van der Waals surface area contributed by atoms with E-state index < -0.39 is 6.61 Å². The molecular formula is C19H28F2N2O2. The molecule has 1 heterocycles. The highest BCUT2D eigenvalue weighted by Crippen LogP contribution is 2.23. The normalized spacial score (nSPS) is 19.2. The van der Waals surface area contributed by atoms with Crippen molar-refractivity contribution in [2.45, 2.75) is 39.5 Å². The molecule has 0 aliphatic carbocycles. The number of aliphatic hydroxyl groups is 1. The lowest BCUT2D eigenvalue weighted by Crippen LogP contribution is -2.53. The van der Waals surface area contributed by atoms with Crippen LogP contribution in [0.4, 0.5) is 8.78 Å². The number of nitrogens with zero attached hydrogens (tertiary/aromatic N) is 2. The molecule has 0 amide bonds. The van der Waals surface area contributed by atoms with E-state index in [1.54, 1.807) is 12.1 Å². The van der Waals surface area contributed by atoms with Crippen molar-refractivity contribution in [2.24, 2.45) is 0 Å². The first-order valence-corrected chi connectivity index (χ1v) is 8.73. The lowest BCUT2D eigenvalue weighted by molar-refractivity contribution is -0.0510. The molecule has 1 N–H and O–H groups in total. The van der Waals surface area contributed by atoms with Crippen molar-refractivity contribution in [2.75, 3.05) is 32.8 Å². The van der Waals surface area contributed by atoms with E-state index in [2.05, 4.69) is 34.5 Å². The highest BCUT2D eigenvalue weighted by Gasteiger charge is 2.26. The van der Waals surface area contributed by atoms with Crippen LogP contribution in [0.5, 0.6) is 5.75 Å². The number of allylic oxidation sites excluding steroid dienone is 1. The zero-order valence-electron chi connectivity index (χ0n) is 15.0. The highest BCUT2D eigenvalue weighted by molar-refractivity contribution is 5.33. The summed E-state index contributed by atoms with van der Waals surface area (Å²) in [7, 11) is 0. The number of halogens is 2. The summed E-state index contributed by atoms with van der Waals surface area (Å²) in [6.45, 7) is 5.51. The molecule has 0 spiro atoms. The van der Waals surface area contributed by atoms with Crippen LogP contribution < -0.4 is 4.74 Å². The van der Waals surface area contributed by atoms with Gasteiger partial charge in [0.2, 0.25) is 0 Å². The summed E-state index contributed by atoms with van der Waals surface area (Å²) in [6, 6.07) is 7.21. The van der Waals surface area contributed by atoms with E-state index in [1.165, 1.54) is 5.57 Å². The van der Waals surface area contributed by atoms with Gasteiger partial charge in [0.05, 0.1) is 0 Å². The molecule has 1 fully saturated rings.